The van der Waals surface area contributed by atoms with Crippen molar-refractivity contribution in [3.63, 3.8) is 0 Å². The molecule has 0 saturated heterocycles. The van der Waals surface area contributed by atoms with E-state index in [4.69, 9.17) is 16.3 Å². The highest BCUT2D eigenvalue weighted by Gasteiger charge is 2.13. The van der Waals surface area contributed by atoms with Crippen LogP contribution < -0.4 is 10.6 Å². The molecule has 1 rings (SSSR count). The number of halogens is 2. The summed E-state index contributed by atoms with van der Waals surface area (Å²) in [4.78, 5) is 23.2. The van der Waals surface area contributed by atoms with Crippen LogP contribution in [-0.4, -0.2) is 38.6 Å². The van der Waals surface area contributed by atoms with Crippen molar-refractivity contribution in [2.45, 2.75) is 0 Å². The average molecular weight is 350 g/mol. The van der Waals surface area contributed by atoms with E-state index in [0.29, 0.717) is 28.2 Å². The highest BCUT2D eigenvalue weighted by Crippen LogP contribution is 2.25. The van der Waals surface area contributed by atoms with Gasteiger partial charge in [0.25, 0.3) is 5.91 Å². The lowest BCUT2D eigenvalue weighted by molar-refractivity contribution is -0.120. The second kappa shape index (κ2) is 8.14. The van der Waals surface area contributed by atoms with Gasteiger partial charge in [0.2, 0.25) is 5.91 Å². The van der Waals surface area contributed by atoms with E-state index < -0.39 is 5.91 Å². The highest BCUT2D eigenvalue weighted by molar-refractivity contribution is 9.10. The minimum absolute atomic E-state index is 0.106. The molecular formula is C12H14BrClN2O3. The van der Waals surface area contributed by atoms with Crippen molar-refractivity contribution in [2.75, 3.05) is 26.8 Å². The number of benzene rings is 1. The van der Waals surface area contributed by atoms with Crippen molar-refractivity contribution in [3.05, 3.63) is 33.3 Å². The Morgan fingerprint density at radius 2 is 2.11 bits per heavy atom. The Kier molecular flexibility index (Phi) is 6.83. The van der Waals surface area contributed by atoms with E-state index in [2.05, 4.69) is 26.6 Å². The van der Waals surface area contributed by atoms with Crippen molar-refractivity contribution in [2.24, 2.45) is 0 Å². The maximum absolute atomic E-state index is 11.8. The molecule has 0 aliphatic carbocycles. The first-order valence-corrected chi connectivity index (χ1v) is 6.71. The maximum atomic E-state index is 11.8. The van der Waals surface area contributed by atoms with Crippen LogP contribution in [0.15, 0.2) is 22.7 Å². The summed E-state index contributed by atoms with van der Waals surface area (Å²) in [6.07, 6.45) is 0. The number of amides is 2. The number of carbonyl (C=O) groups is 2. The number of carbonyl (C=O) groups excluding carboxylic acids is 2. The Morgan fingerprint density at radius 3 is 2.79 bits per heavy atom. The number of methoxy groups -OCH3 is 1. The molecule has 0 unspecified atom stereocenters. The number of ether oxygens (including phenoxy) is 1. The molecule has 0 atom stereocenters. The monoisotopic (exact) mass is 348 g/mol. The zero-order chi connectivity index (χ0) is 14.3. The van der Waals surface area contributed by atoms with Crippen molar-refractivity contribution in [1.29, 1.82) is 0 Å². The van der Waals surface area contributed by atoms with Crippen LogP contribution >= 0.6 is 27.5 Å². The molecule has 19 heavy (non-hydrogen) atoms. The molecule has 0 bridgehead atoms. The molecule has 1 aromatic carbocycles. The zero-order valence-corrected chi connectivity index (χ0v) is 12.7. The van der Waals surface area contributed by atoms with Gasteiger partial charge < -0.3 is 15.4 Å². The van der Waals surface area contributed by atoms with Gasteiger partial charge in [0.15, 0.2) is 0 Å². The van der Waals surface area contributed by atoms with Gasteiger partial charge in [-0.25, -0.2) is 0 Å². The number of nitrogens with one attached hydrogen (secondary N) is 2. The number of hydrogen-bond donors (Lipinski definition) is 2. The van der Waals surface area contributed by atoms with E-state index in [1.807, 2.05) is 0 Å². The molecular weight excluding hydrogens is 336 g/mol. The lowest BCUT2D eigenvalue weighted by atomic mass is 10.2. The van der Waals surface area contributed by atoms with Crippen molar-refractivity contribution >= 4 is 39.3 Å². The Hall–Kier alpha value is -1.11. The minimum atomic E-state index is -0.395. The standard InChI is InChI=1S/C12H14BrClN2O3/c1-19-6-5-15-10(17)7-16-12(18)8-3-2-4-9(13)11(8)14/h2-4H,5-7H2,1H3,(H,15,17)(H,16,18). The van der Waals surface area contributed by atoms with E-state index in [9.17, 15) is 9.59 Å². The van der Waals surface area contributed by atoms with Gasteiger partial charge in [-0.15, -0.1) is 0 Å². The predicted octanol–water partition coefficient (Wildman–Crippen LogP) is 1.59. The molecule has 2 N–H and O–H groups in total. The molecule has 7 heteroatoms. The first kappa shape index (κ1) is 15.9. The largest absolute Gasteiger partial charge is 0.383 e. The molecule has 5 nitrogen and oxygen atoms in total. The first-order chi connectivity index (χ1) is 9.06. The van der Waals surface area contributed by atoms with E-state index in [1.54, 1.807) is 25.3 Å². The molecule has 0 saturated carbocycles. The van der Waals surface area contributed by atoms with Gasteiger partial charge in [-0.3, -0.25) is 9.59 Å². The second-order valence-electron chi connectivity index (χ2n) is 3.63. The van der Waals surface area contributed by atoms with Gasteiger partial charge in [0.05, 0.1) is 23.7 Å². The molecule has 0 fully saturated rings. The Bertz CT molecular complexity index is 468. The topological polar surface area (TPSA) is 67.4 Å². The summed E-state index contributed by atoms with van der Waals surface area (Å²) >= 11 is 9.21. The highest BCUT2D eigenvalue weighted by atomic mass is 79.9. The van der Waals surface area contributed by atoms with E-state index in [0.717, 1.165) is 0 Å². The van der Waals surface area contributed by atoms with Crippen LogP contribution in [0, 0.1) is 0 Å². The van der Waals surface area contributed by atoms with Gasteiger partial charge in [-0.2, -0.15) is 0 Å². The quantitative estimate of drug-likeness (QED) is 0.767. The molecule has 0 radical (unpaired) electrons. The van der Waals surface area contributed by atoms with E-state index in [-0.39, 0.29) is 12.5 Å². The minimum Gasteiger partial charge on any atom is -0.383 e. The van der Waals surface area contributed by atoms with Crippen molar-refractivity contribution in [1.82, 2.24) is 10.6 Å². The third-order valence-corrected chi connectivity index (χ3v) is 3.53. The van der Waals surface area contributed by atoms with Crippen LogP contribution in [0.5, 0.6) is 0 Å². The second-order valence-corrected chi connectivity index (χ2v) is 4.86. The lowest BCUT2D eigenvalue weighted by Gasteiger charge is -2.08. The SMILES string of the molecule is COCCNC(=O)CNC(=O)c1cccc(Br)c1Cl. The summed E-state index contributed by atoms with van der Waals surface area (Å²) in [5, 5.41) is 5.41. The summed E-state index contributed by atoms with van der Waals surface area (Å²) in [5.41, 5.74) is 0.320. The fraction of sp³-hybridized carbons (Fsp3) is 0.333. The summed E-state index contributed by atoms with van der Waals surface area (Å²) in [7, 11) is 1.54. The molecule has 0 aliphatic rings. The Labute approximate surface area is 124 Å². The van der Waals surface area contributed by atoms with E-state index in [1.165, 1.54) is 0 Å². The Balaban J connectivity index is 2.47. The van der Waals surface area contributed by atoms with Gasteiger partial charge >= 0.3 is 0 Å². The first-order valence-electron chi connectivity index (χ1n) is 5.54. The third-order valence-electron chi connectivity index (χ3n) is 2.23. The Morgan fingerprint density at radius 1 is 1.37 bits per heavy atom. The number of hydrogen-bond acceptors (Lipinski definition) is 3. The smallest absolute Gasteiger partial charge is 0.253 e. The molecule has 0 aliphatic heterocycles. The third kappa shape index (κ3) is 5.18. The molecule has 0 spiro atoms. The summed E-state index contributed by atoms with van der Waals surface area (Å²) in [5.74, 6) is -0.676. The van der Waals surface area contributed by atoms with Crippen LogP contribution in [0.4, 0.5) is 0 Å². The van der Waals surface area contributed by atoms with Gasteiger partial charge in [0, 0.05) is 18.1 Å². The molecule has 1 aromatic rings. The molecule has 0 heterocycles. The van der Waals surface area contributed by atoms with Crippen LogP contribution in [-0.2, 0) is 9.53 Å². The lowest BCUT2D eigenvalue weighted by Crippen LogP contribution is -2.38. The van der Waals surface area contributed by atoms with Crippen molar-refractivity contribution < 1.29 is 14.3 Å². The molecule has 0 aromatic heterocycles. The maximum Gasteiger partial charge on any atom is 0.253 e. The van der Waals surface area contributed by atoms with Crippen LogP contribution in [0.3, 0.4) is 0 Å². The molecule has 2 amide bonds. The van der Waals surface area contributed by atoms with Gasteiger partial charge in [-0.1, -0.05) is 17.7 Å². The summed E-state index contributed by atoms with van der Waals surface area (Å²) < 4.78 is 5.42. The normalized spacial score (nSPS) is 10.1. The average Bonchev–Trinajstić information content (AvgIpc) is 2.39. The zero-order valence-electron chi connectivity index (χ0n) is 10.3. The predicted molar refractivity (Wildman–Crippen MR) is 76.4 cm³/mol. The van der Waals surface area contributed by atoms with Crippen LogP contribution in [0.25, 0.3) is 0 Å². The fourth-order valence-corrected chi connectivity index (χ4v) is 1.87. The number of rotatable bonds is 6. The van der Waals surface area contributed by atoms with Crippen molar-refractivity contribution in [3.8, 4) is 0 Å². The summed E-state index contributed by atoms with van der Waals surface area (Å²) in [6, 6.07) is 5.02. The van der Waals surface area contributed by atoms with Crippen LogP contribution in [0.1, 0.15) is 10.4 Å². The van der Waals surface area contributed by atoms with Gasteiger partial charge in [0.1, 0.15) is 0 Å². The fourth-order valence-electron chi connectivity index (χ4n) is 1.29. The van der Waals surface area contributed by atoms with Gasteiger partial charge in [-0.05, 0) is 28.1 Å². The van der Waals surface area contributed by atoms with Crippen LogP contribution in [0.2, 0.25) is 5.02 Å². The summed E-state index contributed by atoms with van der Waals surface area (Å²) in [6.45, 7) is 0.728. The molecule has 104 valence electrons. The van der Waals surface area contributed by atoms with E-state index >= 15 is 0 Å².